The van der Waals surface area contributed by atoms with Gasteiger partial charge in [-0.15, -0.1) is 11.3 Å². The van der Waals surface area contributed by atoms with Gasteiger partial charge in [0.2, 0.25) is 0 Å². The smallest absolute Gasteiger partial charge is 0.169 e. The lowest BCUT2D eigenvalue weighted by Gasteiger charge is -2.14. The molecule has 1 aromatic heterocycles. The zero-order valence-electron chi connectivity index (χ0n) is 8.31. The van der Waals surface area contributed by atoms with Crippen LogP contribution in [0.15, 0.2) is 12.1 Å². The SMILES string of the molecule is CC(=O)c1ccc(C(O)C(O)CCBr)s1. The Morgan fingerprint density at radius 2 is 2.20 bits per heavy atom. The predicted octanol–water partition coefficient (Wildman–Crippen LogP) is 2.13. The van der Waals surface area contributed by atoms with Gasteiger partial charge in [-0.25, -0.2) is 0 Å². The number of ketones is 1. The molecule has 2 atom stereocenters. The van der Waals surface area contributed by atoms with Crippen LogP contribution < -0.4 is 0 Å². The second kappa shape index (κ2) is 5.75. The first-order valence-corrected chi connectivity index (χ1v) is 6.52. The van der Waals surface area contributed by atoms with Crippen molar-refractivity contribution in [2.45, 2.75) is 25.6 Å². The van der Waals surface area contributed by atoms with Crippen molar-refractivity contribution in [1.82, 2.24) is 0 Å². The van der Waals surface area contributed by atoms with E-state index >= 15 is 0 Å². The van der Waals surface area contributed by atoms with Crippen LogP contribution >= 0.6 is 27.3 Å². The lowest BCUT2D eigenvalue weighted by Crippen LogP contribution is -2.17. The molecule has 0 fully saturated rings. The van der Waals surface area contributed by atoms with Crippen molar-refractivity contribution in [3.8, 4) is 0 Å². The Labute approximate surface area is 101 Å². The molecule has 0 saturated heterocycles. The van der Waals surface area contributed by atoms with Gasteiger partial charge in [-0.1, -0.05) is 15.9 Å². The third-order valence-electron chi connectivity index (χ3n) is 2.03. The highest BCUT2D eigenvalue weighted by Crippen LogP contribution is 2.27. The molecule has 0 aliphatic carbocycles. The quantitative estimate of drug-likeness (QED) is 0.646. The van der Waals surface area contributed by atoms with Crippen molar-refractivity contribution in [1.29, 1.82) is 0 Å². The number of aliphatic hydroxyl groups excluding tert-OH is 2. The summed E-state index contributed by atoms with van der Waals surface area (Å²) in [6.45, 7) is 1.48. The van der Waals surface area contributed by atoms with Gasteiger partial charge < -0.3 is 10.2 Å². The molecule has 0 aromatic carbocycles. The fraction of sp³-hybridized carbons (Fsp3) is 0.500. The average molecular weight is 293 g/mol. The lowest BCUT2D eigenvalue weighted by molar-refractivity contribution is 0.0195. The van der Waals surface area contributed by atoms with E-state index in [0.29, 0.717) is 21.5 Å². The fourth-order valence-corrected chi connectivity index (χ4v) is 2.58. The minimum absolute atomic E-state index is 0.0200. The van der Waals surface area contributed by atoms with E-state index in [1.54, 1.807) is 12.1 Å². The summed E-state index contributed by atoms with van der Waals surface area (Å²) >= 11 is 4.43. The summed E-state index contributed by atoms with van der Waals surface area (Å²) in [6.07, 6.45) is -1.21. The number of thiophene rings is 1. The Morgan fingerprint density at radius 3 is 2.67 bits per heavy atom. The topological polar surface area (TPSA) is 57.5 Å². The Kier molecular flexibility index (Phi) is 4.92. The first-order chi connectivity index (χ1) is 7.06. The summed E-state index contributed by atoms with van der Waals surface area (Å²) in [7, 11) is 0. The standard InChI is InChI=1S/C10H13BrO3S/c1-6(12)8-2-3-9(15-8)10(14)7(13)4-5-11/h2-3,7,10,13-14H,4-5H2,1H3. The van der Waals surface area contributed by atoms with Crippen molar-refractivity contribution in [2.24, 2.45) is 0 Å². The minimum atomic E-state index is -0.902. The zero-order valence-corrected chi connectivity index (χ0v) is 10.7. The molecule has 3 nitrogen and oxygen atoms in total. The van der Waals surface area contributed by atoms with Crippen LogP contribution in [0.25, 0.3) is 0 Å². The Bertz CT molecular complexity index is 337. The van der Waals surface area contributed by atoms with E-state index in [4.69, 9.17) is 0 Å². The zero-order chi connectivity index (χ0) is 11.4. The largest absolute Gasteiger partial charge is 0.390 e. The molecule has 0 aliphatic rings. The van der Waals surface area contributed by atoms with Crippen molar-refractivity contribution < 1.29 is 15.0 Å². The predicted molar refractivity (Wildman–Crippen MR) is 63.7 cm³/mol. The van der Waals surface area contributed by atoms with Gasteiger partial charge in [0.25, 0.3) is 0 Å². The molecule has 15 heavy (non-hydrogen) atoms. The maximum Gasteiger partial charge on any atom is 0.169 e. The number of rotatable bonds is 5. The van der Waals surface area contributed by atoms with Crippen molar-refractivity contribution in [3.05, 3.63) is 21.9 Å². The Morgan fingerprint density at radius 1 is 1.53 bits per heavy atom. The van der Waals surface area contributed by atoms with Crippen LogP contribution in [0.5, 0.6) is 0 Å². The first-order valence-electron chi connectivity index (χ1n) is 4.59. The van der Waals surface area contributed by atoms with E-state index in [0.717, 1.165) is 0 Å². The summed E-state index contributed by atoms with van der Waals surface area (Å²) in [5, 5.41) is 19.9. The van der Waals surface area contributed by atoms with E-state index in [9.17, 15) is 15.0 Å². The van der Waals surface area contributed by atoms with Crippen LogP contribution in [-0.4, -0.2) is 27.4 Å². The van der Waals surface area contributed by atoms with Gasteiger partial charge in [0.05, 0.1) is 11.0 Å². The number of Topliss-reactive ketones (excluding diaryl/α,β-unsaturated/α-hetero) is 1. The molecule has 84 valence electrons. The van der Waals surface area contributed by atoms with Gasteiger partial charge in [0.1, 0.15) is 6.10 Å². The molecule has 0 aliphatic heterocycles. The number of aliphatic hydroxyl groups is 2. The minimum Gasteiger partial charge on any atom is -0.390 e. The third kappa shape index (κ3) is 3.38. The number of alkyl halides is 1. The maximum atomic E-state index is 11.0. The molecular weight excluding hydrogens is 280 g/mol. The number of halogens is 1. The van der Waals surface area contributed by atoms with Gasteiger partial charge in [-0.3, -0.25) is 4.79 Å². The van der Waals surface area contributed by atoms with Gasteiger partial charge in [-0.05, 0) is 25.5 Å². The highest BCUT2D eigenvalue weighted by molar-refractivity contribution is 9.09. The van der Waals surface area contributed by atoms with Crippen molar-refractivity contribution in [2.75, 3.05) is 5.33 Å². The number of hydrogen-bond donors (Lipinski definition) is 2. The molecule has 1 heterocycles. The van der Waals surface area contributed by atoms with Crippen molar-refractivity contribution in [3.63, 3.8) is 0 Å². The number of carbonyl (C=O) groups is 1. The summed E-state index contributed by atoms with van der Waals surface area (Å²) < 4.78 is 0. The summed E-state index contributed by atoms with van der Waals surface area (Å²) in [6, 6.07) is 3.36. The fourth-order valence-electron chi connectivity index (χ4n) is 1.16. The molecular formula is C10H13BrO3S. The molecule has 1 aromatic rings. The van der Waals surface area contributed by atoms with E-state index in [1.165, 1.54) is 18.3 Å². The maximum absolute atomic E-state index is 11.0. The van der Waals surface area contributed by atoms with E-state index in [1.807, 2.05) is 0 Å². The summed E-state index contributed by atoms with van der Waals surface area (Å²) in [4.78, 5) is 12.3. The van der Waals surface area contributed by atoms with Gasteiger partial charge >= 0.3 is 0 Å². The molecule has 2 unspecified atom stereocenters. The highest BCUT2D eigenvalue weighted by Gasteiger charge is 2.20. The van der Waals surface area contributed by atoms with E-state index in [2.05, 4.69) is 15.9 Å². The van der Waals surface area contributed by atoms with Gasteiger partial charge in [-0.2, -0.15) is 0 Å². The first kappa shape index (κ1) is 12.8. The molecule has 0 bridgehead atoms. The van der Waals surface area contributed by atoms with E-state index in [-0.39, 0.29) is 5.78 Å². The molecule has 2 N–H and O–H groups in total. The van der Waals surface area contributed by atoms with Gasteiger partial charge in [0.15, 0.2) is 5.78 Å². The molecule has 0 radical (unpaired) electrons. The summed E-state index contributed by atoms with van der Waals surface area (Å²) in [5.41, 5.74) is 0. The van der Waals surface area contributed by atoms with Crippen LogP contribution in [0.4, 0.5) is 0 Å². The monoisotopic (exact) mass is 292 g/mol. The normalized spacial score (nSPS) is 14.9. The third-order valence-corrected chi connectivity index (χ3v) is 3.75. The highest BCUT2D eigenvalue weighted by atomic mass is 79.9. The Balaban J connectivity index is 2.73. The van der Waals surface area contributed by atoms with Crippen LogP contribution in [0.1, 0.15) is 34.0 Å². The number of carbonyl (C=O) groups excluding carboxylic acids is 1. The molecule has 0 spiro atoms. The van der Waals surface area contributed by atoms with Crippen LogP contribution in [0, 0.1) is 0 Å². The summed E-state index contributed by atoms with van der Waals surface area (Å²) in [5.74, 6) is -0.0200. The lowest BCUT2D eigenvalue weighted by atomic mass is 10.1. The van der Waals surface area contributed by atoms with E-state index < -0.39 is 12.2 Å². The second-order valence-electron chi connectivity index (χ2n) is 3.25. The molecule has 0 amide bonds. The average Bonchev–Trinajstić information content (AvgIpc) is 2.65. The van der Waals surface area contributed by atoms with Crippen LogP contribution in [0.2, 0.25) is 0 Å². The van der Waals surface area contributed by atoms with Crippen LogP contribution in [-0.2, 0) is 0 Å². The van der Waals surface area contributed by atoms with Crippen LogP contribution in [0.3, 0.4) is 0 Å². The van der Waals surface area contributed by atoms with Crippen molar-refractivity contribution >= 4 is 33.0 Å². The Hall–Kier alpha value is -0.230. The number of hydrogen-bond acceptors (Lipinski definition) is 4. The molecule has 1 rings (SSSR count). The second-order valence-corrected chi connectivity index (χ2v) is 5.16. The molecule has 0 saturated carbocycles. The molecule has 5 heteroatoms. The van der Waals surface area contributed by atoms with Gasteiger partial charge in [0, 0.05) is 10.2 Å².